The summed E-state index contributed by atoms with van der Waals surface area (Å²) < 4.78 is 13.0. The van der Waals surface area contributed by atoms with E-state index in [1.165, 1.54) is 23.3 Å². The van der Waals surface area contributed by atoms with Crippen LogP contribution in [-0.2, 0) is 0 Å². The number of guanidine groups is 1. The van der Waals surface area contributed by atoms with Crippen LogP contribution in [0.15, 0.2) is 53.5 Å². The molecule has 2 aromatic carbocycles. The summed E-state index contributed by atoms with van der Waals surface area (Å²) in [4.78, 5) is 4.46. The zero-order valence-electron chi connectivity index (χ0n) is 15.4. The van der Waals surface area contributed by atoms with Crippen LogP contribution in [0.1, 0.15) is 42.7 Å². The van der Waals surface area contributed by atoms with Crippen molar-refractivity contribution >= 4 is 29.9 Å². The second-order valence-corrected chi connectivity index (χ2v) is 6.01. The molecule has 0 aliphatic heterocycles. The highest BCUT2D eigenvalue weighted by molar-refractivity contribution is 14.0. The lowest BCUT2D eigenvalue weighted by Crippen LogP contribution is -2.39. The van der Waals surface area contributed by atoms with Crippen molar-refractivity contribution < 1.29 is 9.50 Å². The van der Waals surface area contributed by atoms with Crippen molar-refractivity contribution in [2.24, 2.45) is 4.99 Å². The average molecular weight is 471 g/mol. The summed E-state index contributed by atoms with van der Waals surface area (Å²) >= 11 is 0. The van der Waals surface area contributed by atoms with Crippen LogP contribution in [0.5, 0.6) is 0 Å². The van der Waals surface area contributed by atoms with Crippen LogP contribution in [0.25, 0.3) is 0 Å². The summed E-state index contributed by atoms with van der Waals surface area (Å²) in [6.07, 6.45) is -0.773. The normalized spacial score (nSPS) is 13.5. The van der Waals surface area contributed by atoms with Gasteiger partial charge in [0, 0.05) is 6.54 Å². The molecule has 0 amide bonds. The fourth-order valence-electron chi connectivity index (χ4n) is 2.64. The topological polar surface area (TPSA) is 56.7 Å². The summed E-state index contributed by atoms with van der Waals surface area (Å²) in [7, 11) is 0. The Bertz CT molecular complexity index is 706. The van der Waals surface area contributed by atoms with E-state index >= 15 is 0 Å². The molecule has 142 valence electrons. The lowest BCUT2D eigenvalue weighted by molar-refractivity contribution is 0.187. The minimum atomic E-state index is -0.773. The largest absolute Gasteiger partial charge is 0.386 e. The fourth-order valence-corrected chi connectivity index (χ4v) is 2.64. The van der Waals surface area contributed by atoms with Gasteiger partial charge in [0.15, 0.2) is 5.96 Å². The molecule has 0 saturated carbocycles. The number of aliphatic hydroxyl groups excluding tert-OH is 1. The number of rotatable bonds is 6. The van der Waals surface area contributed by atoms with Gasteiger partial charge in [-0.05, 0) is 49.6 Å². The molecule has 0 heterocycles. The van der Waals surface area contributed by atoms with E-state index in [1.54, 1.807) is 12.1 Å². The molecular formula is C20H27FIN3O. The highest BCUT2D eigenvalue weighted by atomic mass is 127. The van der Waals surface area contributed by atoms with Gasteiger partial charge in [-0.25, -0.2) is 4.39 Å². The Morgan fingerprint density at radius 1 is 1.15 bits per heavy atom. The Hall–Kier alpha value is -1.67. The third kappa shape index (κ3) is 6.57. The van der Waals surface area contributed by atoms with E-state index in [0.717, 1.165) is 6.54 Å². The Balaban J connectivity index is 0.00000338. The van der Waals surface area contributed by atoms with Gasteiger partial charge in [-0.2, -0.15) is 0 Å². The molecule has 0 saturated heterocycles. The zero-order valence-corrected chi connectivity index (χ0v) is 17.7. The van der Waals surface area contributed by atoms with Gasteiger partial charge >= 0.3 is 0 Å². The van der Waals surface area contributed by atoms with Gasteiger partial charge in [-0.1, -0.05) is 36.4 Å². The summed E-state index contributed by atoms with van der Waals surface area (Å²) in [6.45, 7) is 7.06. The van der Waals surface area contributed by atoms with Crippen molar-refractivity contribution in [3.05, 3.63) is 71.0 Å². The number of nitrogens with zero attached hydrogens (tertiary/aromatic N) is 1. The minimum absolute atomic E-state index is 0. The summed E-state index contributed by atoms with van der Waals surface area (Å²) in [6, 6.07) is 14.1. The molecule has 2 atom stereocenters. The molecule has 4 nitrogen and oxygen atoms in total. The van der Waals surface area contributed by atoms with Crippen LogP contribution in [0.2, 0.25) is 0 Å². The monoisotopic (exact) mass is 471 g/mol. The third-order valence-corrected chi connectivity index (χ3v) is 4.03. The lowest BCUT2D eigenvalue weighted by Gasteiger charge is -2.20. The molecule has 26 heavy (non-hydrogen) atoms. The number of benzene rings is 2. The molecule has 0 aromatic heterocycles. The molecule has 2 aromatic rings. The van der Waals surface area contributed by atoms with Gasteiger partial charge in [0.1, 0.15) is 5.82 Å². The van der Waals surface area contributed by atoms with Crippen LogP contribution < -0.4 is 10.6 Å². The molecular weight excluding hydrogens is 444 g/mol. The first-order chi connectivity index (χ1) is 12.0. The first kappa shape index (κ1) is 22.4. The number of hydrogen-bond acceptors (Lipinski definition) is 2. The number of aliphatic hydroxyl groups is 1. The van der Waals surface area contributed by atoms with Gasteiger partial charge in [-0.3, -0.25) is 4.99 Å². The highest BCUT2D eigenvalue weighted by Crippen LogP contribution is 2.17. The van der Waals surface area contributed by atoms with E-state index in [4.69, 9.17) is 0 Å². The van der Waals surface area contributed by atoms with Crippen molar-refractivity contribution in [1.29, 1.82) is 0 Å². The number of aliphatic imine (C=N–C) groups is 1. The Morgan fingerprint density at radius 2 is 1.81 bits per heavy atom. The van der Waals surface area contributed by atoms with Gasteiger partial charge < -0.3 is 15.7 Å². The van der Waals surface area contributed by atoms with E-state index in [-0.39, 0.29) is 42.4 Å². The van der Waals surface area contributed by atoms with Gasteiger partial charge in [-0.15, -0.1) is 24.0 Å². The standard InChI is InChI=1S/C20H26FN3O.HI/c1-4-22-20(24-15(3)18-8-6-5-7-14(18)2)23-13-19(25)16-9-11-17(21)12-10-16;/h5-12,15,19,25H,4,13H2,1-3H3,(H2,22,23,24);1H. The Kier molecular flexibility index (Phi) is 9.58. The maximum Gasteiger partial charge on any atom is 0.191 e. The van der Waals surface area contributed by atoms with Crippen LogP contribution in [0.3, 0.4) is 0 Å². The number of halogens is 2. The quantitative estimate of drug-likeness (QED) is 0.338. The zero-order chi connectivity index (χ0) is 18.2. The molecule has 6 heteroatoms. The van der Waals surface area contributed by atoms with E-state index < -0.39 is 6.10 Å². The number of aryl methyl sites for hydroxylation is 1. The maximum atomic E-state index is 13.0. The Morgan fingerprint density at radius 3 is 2.42 bits per heavy atom. The first-order valence-electron chi connectivity index (χ1n) is 8.55. The van der Waals surface area contributed by atoms with Crippen LogP contribution in [0.4, 0.5) is 4.39 Å². The molecule has 0 spiro atoms. The average Bonchev–Trinajstić information content (AvgIpc) is 2.60. The lowest BCUT2D eigenvalue weighted by atomic mass is 10.0. The summed E-state index contributed by atoms with van der Waals surface area (Å²) in [5, 5.41) is 16.8. The van der Waals surface area contributed by atoms with Crippen molar-refractivity contribution in [3.8, 4) is 0 Å². The number of hydrogen-bond donors (Lipinski definition) is 3. The van der Waals surface area contributed by atoms with Gasteiger partial charge in [0.25, 0.3) is 0 Å². The van der Waals surface area contributed by atoms with Crippen molar-refractivity contribution in [1.82, 2.24) is 10.6 Å². The fraction of sp³-hybridized carbons (Fsp3) is 0.350. The van der Waals surface area contributed by atoms with Crippen LogP contribution in [0, 0.1) is 12.7 Å². The van der Waals surface area contributed by atoms with Crippen molar-refractivity contribution in [2.45, 2.75) is 32.9 Å². The molecule has 0 fully saturated rings. The van der Waals surface area contributed by atoms with Crippen molar-refractivity contribution in [2.75, 3.05) is 13.1 Å². The smallest absolute Gasteiger partial charge is 0.191 e. The second-order valence-electron chi connectivity index (χ2n) is 6.01. The third-order valence-electron chi connectivity index (χ3n) is 4.03. The predicted octanol–water partition coefficient (Wildman–Crippen LogP) is 4.10. The molecule has 2 unspecified atom stereocenters. The van der Waals surface area contributed by atoms with E-state index in [2.05, 4.69) is 41.6 Å². The Labute approximate surface area is 172 Å². The molecule has 3 N–H and O–H groups in total. The molecule has 0 aliphatic rings. The first-order valence-corrected chi connectivity index (χ1v) is 8.55. The molecule has 0 bridgehead atoms. The van der Waals surface area contributed by atoms with E-state index in [0.29, 0.717) is 11.5 Å². The molecule has 0 radical (unpaired) electrons. The summed E-state index contributed by atoms with van der Waals surface area (Å²) in [5.74, 6) is 0.320. The maximum absolute atomic E-state index is 13.0. The SMILES string of the molecule is CCNC(=NCC(O)c1ccc(F)cc1)NC(C)c1ccccc1C.I. The number of nitrogens with one attached hydrogen (secondary N) is 2. The molecule has 0 aliphatic carbocycles. The van der Waals surface area contributed by atoms with Crippen molar-refractivity contribution in [3.63, 3.8) is 0 Å². The van der Waals surface area contributed by atoms with Crippen LogP contribution >= 0.6 is 24.0 Å². The highest BCUT2D eigenvalue weighted by Gasteiger charge is 2.11. The molecule has 2 rings (SSSR count). The van der Waals surface area contributed by atoms with Crippen LogP contribution in [-0.4, -0.2) is 24.2 Å². The predicted molar refractivity (Wildman–Crippen MR) is 115 cm³/mol. The second kappa shape index (κ2) is 11.1. The summed E-state index contributed by atoms with van der Waals surface area (Å²) in [5.41, 5.74) is 3.06. The minimum Gasteiger partial charge on any atom is -0.386 e. The van der Waals surface area contributed by atoms with Gasteiger partial charge in [0.05, 0.1) is 18.7 Å². The van der Waals surface area contributed by atoms with E-state index in [9.17, 15) is 9.50 Å². The van der Waals surface area contributed by atoms with E-state index in [1.807, 2.05) is 19.1 Å². The van der Waals surface area contributed by atoms with Gasteiger partial charge in [0.2, 0.25) is 0 Å².